The Bertz CT molecular complexity index is 1100. The van der Waals surface area contributed by atoms with Crippen molar-refractivity contribution in [3.8, 4) is 5.75 Å². The zero-order chi connectivity index (χ0) is 23.4. The molecule has 0 spiro atoms. The van der Waals surface area contributed by atoms with E-state index in [1.165, 1.54) is 0 Å². The van der Waals surface area contributed by atoms with Gasteiger partial charge in [0.2, 0.25) is 5.91 Å². The third-order valence-electron chi connectivity index (χ3n) is 6.11. The van der Waals surface area contributed by atoms with E-state index in [1.807, 2.05) is 18.3 Å². The minimum atomic E-state index is -0.292. The molecule has 1 atom stereocenters. The minimum Gasteiger partial charge on any atom is -0.494 e. The van der Waals surface area contributed by atoms with E-state index >= 15 is 0 Å². The van der Waals surface area contributed by atoms with Crippen LogP contribution in [0.25, 0.3) is 10.9 Å². The van der Waals surface area contributed by atoms with Gasteiger partial charge in [0, 0.05) is 56.0 Å². The highest BCUT2D eigenvalue weighted by atomic mass is 32.1. The first kappa shape index (κ1) is 23.4. The van der Waals surface area contributed by atoms with Gasteiger partial charge in [-0.25, -0.2) is 4.98 Å². The van der Waals surface area contributed by atoms with Gasteiger partial charge in [0.25, 0.3) is 0 Å². The molecule has 3 aromatic rings. The number of hydrogen-bond donors (Lipinski definition) is 1. The van der Waals surface area contributed by atoms with Gasteiger partial charge >= 0.3 is 0 Å². The number of amides is 1. The van der Waals surface area contributed by atoms with Crippen LogP contribution in [-0.2, 0) is 11.2 Å². The standard InChI is InChI=1S/C25H33N5O2S/c1-17(2)14-23-28-19(16-33-23)20(15-22(26)31)29-10-5-11-30(13-12-29)25-21(32-3)8-7-18-6-4-9-27-24(18)25/h4,6-9,16-17,20H,5,10-15H2,1-3H3,(H2,26,31). The molecular weight excluding hydrogens is 434 g/mol. The van der Waals surface area contributed by atoms with Crippen LogP contribution in [0.5, 0.6) is 5.75 Å². The highest BCUT2D eigenvalue weighted by molar-refractivity contribution is 7.09. The van der Waals surface area contributed by atoms with Crippen molar-refractivity contribution in [3.63, 3.8) is 0 Å². The largest absolute Gasteiger partial charge is 0.494 e. The van der Waals surface area contributed by atoms with E-state index in [0.717, 1.165) is 72.1 Å². The summed E-state index contributed by atoms with van der Waals surface area (Å²) in [5.41, 5.74) is 8.62. The number of carbonyl (C=O) groups excluding carboxylic acids is 1. The van der Waals surface area contributed by atoms with Crippen molar-refractivity contribution in [2.75, 3.05) is 38.2 Å². The molecule has 1 aliphatic rings. The summed E-state index contributed by atoms with van der Waals surface area (Å²) < 4.78 is 5.71. The molecular formula is C25H33N5O2S. The number of nitrogens with zero attached hydrogens (tertiary/aromatic N) is 4. The Morgan fingerprint density at radius 2 is 2.06 bits per heavy atom. The molecule has 7 nitrogen and oxygen atoms in total. The number of thiazole rings is 1. The van der Waals surface area contributed by atoms with Crippen molar-refractivity contribution >= 4 is 33.8 Å². The van der Waals surface area contributed by atoms with E-state index in [0.29, 0.717) is 5.92 Å². The fraction of sp³-hybridized carbons (Fsp3) is 0.480. The molecule has 1 saturated heterocycles. The highest BCUT2D eigenvalue weighted by Crippen LogP contribution is 2.36. The lowest BCUT2D eigenvalue weighted by atomic mass is 10.1. The Hall–Kier alpha value is -2.71. The average molecular weight is 468 g/mol. The number of benzene rings is 1. The predicted octanol–water partition coefficient (Wildman–Crippen LogP) is 4.03. The molecule has 1 fully saturated rings. The van der Waals surface area contributed by atoms with Crippen LogP contribution in [-0.4, -0.2) is 54.1 Å². The van der Waals surface area contributed by atoms with Crippen LogP contribution in [0.4, 0.5) is 5.69 Å². The number of rotatable bonds is 8. The molecule has 3 heterocycles. The number of ether oxygens (including phenoxy) is 1. The maximum atomic E-state index is 11.9. The van der Waals surface area contributed by atoms with Crippen LogP contribution in [0.1, 0.15) is 43.4 Å². The second-order valence-electron chi connectivity index (χ2n) is 9.02. The summed E-state index contributed by atoms with van der Waals surface area (Å²) in [7, 11) is 1.71. The number of fused-ring (bicyclic) bond motifs is 1. The van der Waals surface area contributed by atoms with Crippen molar-refractivity contribution < 1.29 is 9.53 Å². The van der Waals surface area contributed by atoms with E-state index in [4.69, 9.17) is 15.5 Å². The Morgan fingerprint density at radius 1 is 1.21 bits per heavy atom. The Kier molecular flexibility index (Phi) is 7.45. The molecule has 33 heavy (non-hydrogen) atoms. The van der Waals surface area contributed by atoms with Gasteiger partial charge in [-0.1, -0.05) is 19.9 Å². The van der Waals surface area contributed by atoms with E-state index in [9.17, 15) is 4.79 Å². The molecule has 0 radical (unpaired) electrons. The van der Waals surface area contributed by atoms with Crippen LogP contribution in [0.2, 0.25) is 0 Å². The van der Waals surface area contributed by atoms with Crippen LogP contribution in [0, 0.1) is 5.92 Å². The quantitative estimate of drug-likeness (QED) is 0.539. The van der Waals surface area contributed by atoms with Gasteiger partial charge in [-0.05, 0) is 30.5 Å². The molecule has 176 valence electrons. The monoisotopic (exact) mass is 467 g/mol. The Labute approximate surface area is 199 Å². The second-order valence-corrected chi connectivity index (χ2v) is 9.96. The number of nitrogens with two attached hydrogens (primary N) is 1. The van der Waals surface area contributed by atoms with Gasteiger partial charge in [0.05, 0.1) is 29.4 Å². The lowest BCUT2D eigenvalue weighted by Gasteiger charge is -2.29. The Balaban J connectivity index is 1.58. The van der Waals surface area contributed by atoms with Gasteiger partial charge in [-0.2, -0.15) is 0 Å². The Morgan fingerprint density at radius 3 is 2.82 bits per heavy atom. The summed E-state index contributed by atoms with van der Waals surface area (Å²) in [5, 5.41) is 4.32. The predicted molar refractivity (Wildman–Crippen MR) is 134 cm³/mol. The molecule has 1 aliphatic heterocycles. The molecule has 2 aromatic heterocycles. The van der Waals surface area contributed by atoms with Gasteiger partial charge in [-0.3, -0.25) is 14.7 Å². The molecule has 0 saturated carbocycles. The molecule has 1 aromatic carbocycles. The van der Waals surface area contributed by atoms with Crippen molar-refractivity contribution in [2.45, 2.75) is 39.2 Å². The summed E-state index contributed by atoms with van der Waals surface area (Å²) in [5.74, 6) is 1.09. The summed E-state index contributed by atoms with van der Waals surface area (Å²) in [6.45, 7) is 7.78. The maximum Gasteiger partial charge on any atom is 0.219 e. The number of aromatic nitrogens is 2. The van der Waals surface area contributed by atoms with Crippen molar-refractivity contribution in [3.05, 3.63) is 46.5 Å². The van der Waals surface area contributed by atoms with Crippen LogP contribution >= 0.6 is 11.3 Å². The van der Waals surface area contributed by atoms with Gasteiger partial charge in [0.1, 0.15) is 11.4 Å². The van der Waals surface area contributed by atoms with E-state index in [2.05, 4.69) is 46.1 Å². The second kappa shape index (κ2) is 10.5. The number of anilines is 1. The summed E-state index contributed by atoms with van der Waals surface area (Å²) >= 11 is 1.68. The van der Waals surface area contributed by atoms with Crippen molar-refractivity contribution in [2.24, 2.45) is 11.7 Å². The number of pyridine rings is 1. The number of hydrogen-bond acceptors (Lipinski definition) is 7. The first-order valence-electron chi connectivity index (χ1n) is 11.6. The lowest BCUT2D eigenvalue weighted by Crippen LogP contribution is -2.36. The minimum absolute atomic E-state index is 0.0906. The molecule has 8 heteroatoms. The molecule has 4 rings (SSSR count). The SMILES string of the molecule is COc1ccc2cccnc2c1N1CCCN(C(CC(N)=O)c2csc(CC(C)C)n2)CC1. The highest BCUT2D eigenvalue weighted by Gasteiger charge is 2.28. The number of methoxy groups -OCH3 is 1. The average Bonchev–Trinajstić information content (AvgIpc) is 3.11. The zero-order valence-electron chi connectivity index (χ0n) is 19.7. The van der Waals surface area contributed by atoms with Gasteiger partial charge in [-0.15, -0.1) is 11.3 Å². The van der Waals surface area contributed by atoms with E-state index in [1.54, 1.807) is 18.4 Å². The first-order valence-corrected chi connectivity index (χ1v) is 12.5. The van der Waals surface area contributed by atoms with E-state index < -0.39 is 0 Å². The van der Waals surface area contributed by atoms with E-state index in [-0.39, 0.29) is 18.4 Å². The lowest BCUT2D eigenvalue weighted by molar-refractivity contribution is -0.119. The van der Waals surface area contributed by atoms with Crippen LogP contribution in [0.15, 0.2) is 35.8 Å². The maximum absolute atomic E-state index is 11.9. The summed E-state index contributed by atoms with van der Waals surface area (Å²) in [6.07, 6.45) is 4.03. The summed E-state index contributed by atoms with van der Waals surface area (Å²) in [6, 6.07) is 8.01. The van der Waals surface area contributed by atoms with Gasteiger partial charge in [0.15, 0.2) is 0 Å². The zero-order valence-corrected chi connectivity index (χ0v) is 20.5. The van der Waals surface area contributed by atoms with Crippen LogP contribution in [0.3, 0.4) is 0 Å². The summed E-state index contributed by atoms with van der Waals surface area (Å²) in [4.78, 5) is 26.2. The number of carbonyl (C=O) groups is 1. The van der Waals surface area contributed by atoms with Crippen molar-refractivity contribution in [1.82, 2.24) is 14.9 Å². The number of primary amides is 1. The third kappa shape index (κ3) is 5.45. The smallest absolute Gasteiger partial charge is 0.219 e. The first-order chi connectivity index (χ1) is 16.0. The topological polar surface area (TPSA) is 84.6 Å². The molecule has 2 N–H and O–H groups in total. The van der Waals surface area contributed by atoms with Crippen LogP contribution < -0.4 is 15.4 Å². The fourth-order valence-electron chi connectivity index (χ4n) is 4.59. The third-order valence-corrected chi connectivity index (χ3v) is 7.00. The molecule has 1 amide bonds. The molecule has 1 unspecified atom stereocenters. The fourth-order valence-corrected chi connectivity index (χ4v) is 5.64. The molecule has 0 aliphatic carbocycles. The van der Waals surface area contributed by atoms with Crippen molar-refractivity contribution in [1.29, 1.82) is 0 Å². The molecule has 0 bridgehead atoms. The normalized spacial score (nSPS) is 16.2. The van der Waals surface area contributed by atoms with Gasteiger partial charge < -0.3 is 15.4 Å².